The van der Waals surface area contributed by atoms with Crippen molar-refractivity contribution in [1.82, 2.24) is 4.98 Å². The second kappa shape index (κ2) is 8.91. The maximum absolute atomic E-state index is 12.2. The number of nitrogens with one attached hydrogen (secondary N) is 1. The molecule has 2 aromatic carbocycles. The monoisotopic (exact) mass is 364 g/mol. The third-order valence-corrected chi connectivity index (χ3v) is 4.03. The van der Waals surface area contributed by atoms with Gasteiger partial charge in [-0.25, -0.2) is 9.78 Å². The van der Waals surface area contributed by atoms with Crippen molar-refractivity contribution in [2.45, 2.75) is 13.0 Å². The Hall–Kier alpha value is -3.25. The number of anilines is 1. The molecule has 0 saturated heterocycles. The minimum Gasteiger partial charge on any atom is -0.465 e. The number of ether oxygens (including phenoxy) is 2. The van der Waals surface area contributed by atoms with E-state index in [0.717, 1.165) is 16.3 Å². The first-order chi connectivity index (χ1) is 13.2. The number of nitrogens with zero attached hydrogens (tertiary/aromatic N) is 1. The molecule has 0 unspecified atom stereocenters. The fourth-order valence-electron chi connectivity index (χ4n) is 2.65. The van der Waals surface area contributed by atoms with Crippen LogP contribution in [0, 0.1) is 0 Å². The van der Waals surface area contributed by atoms with Gasteiger partial charge in [0.25, 0.3) is 0 Å². The van der Waals surface area contributed by atoms with E-state index in [-0.39, 0.29) is 12.3 Å². The topological polar surface area (TPSA) is 77.5 Å². The molecule has 3 aromatic rings. The molecule has 27 heavy (non-hydrogen) atoms. The Balaban J connectivity index is 1.58. The molecule has 138 valence electrons. The van der Waals surface area contributed by atoms with Crippen molar-refractivity contribution in [2.24, 2.45) is 0 Å². The van der Waals surface area contributed by atoms with Gasteiger partial charge < -0.3 is 14.8 Å². The number of hydrogen-bond donors (Lipinski definition) is 1. The summed E-state index contributed by atoms with van der Waals surface area (Å²) in [5.74, 6) is -0.132. The van der Waals surface area contributed by atoms with Crippen molar-refractivity contribution >= 4 is 28.5 Å². The molecule has 1 N–H and O–H groups in total. The molecule has 0 aliphatic carbocycles. The van der Waals surface area contributed by atoms with E-state index in [1.54, 1.807) is 30.5 Å². The molecule has 0 fully saturated rings. The van der Waals surface area contributed by atoms with E-state index in [2.05, 4.69) is 10.3 Å². The predicted molar refractivity (Wildman–Crippen MR) is 102 cm³/mol. The lowest BCUT2D eigenvalue weighted by Gasteiger charge is -2.09. The average molecular weight is 364 g/mol. The third-order valence-electron chi connectivity index (χ3n) is 4.03. The highest BCUT2D eigenvalue weighted by molar-refractivity contribution is 6.02. The van der Waals surface area contributed by atoms with Crippen LogP contribution in [-0.2, 0) is 20.9 Å². The average Bonchev–Trinajstić information content (AvgIpc) is 2.71. The Bertz CT molecular complexity index is 941. The molecular weight excluding hydrogens is 344 g/mol. The molecule has 1 amide bonds. The zero-order chi connectivity index (χ0) is 19.1. The van der Waals surface area contributed by atoms with Gasteiger partial charge in [-0.2, -0.15) is 0 Å². The number of rotatable bonds is 7. The van der Waals surface area contributed by atoms with Gasteiger partial charge in [0, 0.05) is 11.6 Å². The highest BCUT2D eigenvalue weighted by Crippen LogP contribution is 2.22. The molecule has 0 bridgehead atoms. The Morgan fingerprint density at radius 1 is 1.07 bits per heavy atom. The smallest absolute Gasteiger partial charge is 0.337 e. The Morgan fingerprint density at radius 2 is 1.89 bits per heavy atom. The summed E-state index contributed by atoms with van der Waals surface area (Å²) >= 11 is 0. The maximum atomic E-state index is 12.2. The molecule has 0 aliphatic heterocycles. The summed E-state index contributed by atoms with van der Waals surface area (Å²) < 4.78 is 10.3. The standard InChI is InChI=1S/C21H20N2O4/c1-26-21(25)17-7-8-18-16(13-17)9-11-22-20(18)23-19(24)10-12-27-14-15-5-3-2-4-6-15/h2-9,11,13H,10,12,14H2,1H3,(H,22,23,24). The molecule has 6 nitrogen and oxygen atoms in total. The second-order valence-electron chi connectivity index (χ2n) is 5.92. The first-order valence-electron chi connectivity index (χ1n) is 8.56. The lowest BCUT2D eigenvalue weighted by molar-refractivity contribution is -0.117. The van der Waals surface area contributed by atoms with Gasteiger partial charge in [0.15, 0.2) is 0 Å². The summed E-state index contributed by atoms with van der Waals surface area (Å²) in [5, 5.41) is 4.35. The molecule has 0 saturated carbocycles. The number of esters is 1. The van der Waals surface area contributed by atoms with Crippen LogP contribution in [0.4, 0.5) is 5.82 Å². The van der Waals surface area contributed by atoms with Crippen LogP contribution in [-0.4, -0.2) is 30.6 Å². The minimum atomic E-state index is -0.408. The number of amides is 1. The Morgan fingerprint density at radius 3 is 2.67 bits per heavy atom. The molecule has 3 rings (SSSR count). The fourth-order valence-corrected chi connectivity index (χ4v) is 2.65. The van der Waals surface area contributed by atoms with E-state index >= 15 is 0 Å². The SMILES string of the molecule is COC(=O)c1ccc2c(NC(=O)CCOCc3ccccc3)nccc2c1. The molecule has 0 atom stereocenters. The van der Waals surface area contributed by atoms with Gasteiger partial charge >= 0.3 is 5.97 Å². The van der Waals surface area contributed by atoms with E-state index in [9.17, 15) is 9.59 Å². The van der Waals surface area contributed by atoms with Crippen molar-refractivity contribution in [3.63, 3.8) is 0 Å². The number of benzene rings is 2. The number of methoxy groups -OCH3 is 1. The van der Waals surface area contributed by atoms with Crippen molar-refractivity contribution in [2.75, 3.05) is 19.0 Å². The molecule has 1 heterocycles. The summed E-state index contributed by atoms with van der Waals surface area (Å²) in [6.07, 6.45) is 1.82. The summed E-state index contributed by atoms with van der Waals surface area (Å²) in [7, 11) is 1.34. The number of hydrogen-bond acceptors (Lipinski definition) is 5. The first kappa shape index (κ1) is 18.5. The van der Waals surface area contributed by atoms with Gasteiger partial charge in [0.1, 0.15) is 5.82 Å². The fraction of sp³-hybridized carbons (Fsp3) is 0.190. The van der Waals surface area contributed by atoms with E-state index in [4.69, 9.17) is 9.47 Å². The van der Waals surface area contributed by atoms with E-state index in [0.29, 0.717) is 24.6 Å². The molecule has 1 aromatic heterocycles. The van der Waals surface area contributed by atoms with Crippen LogP contribution in [0.2, 0.25) is 0 Å². The highest BCUT2D eigenvalue weighted by Gasteiger charge is 2.10. The molecule has 0 spiro atoms. The minimum absolute atomic E-state index is 0.180. The lowest BCUT2D eigenvalue weighted by atomic mass is 10.1. The third kappa shape index (κ3) is 4.89. The van der Waals surface area contributed by atoms with Crippen LogP contribution >= 0.6 is 0 Å². The van der Waals surface area contributed by atoms with Crippen molar-refractivity contribution in [1.29, 1.82) is 0 Å². The van der Waals surface area contributed by atoms with Crippen molar-refractivity contribution in [3.8, 4) is 0 Å². The van der Waals surface area contributed by atoms with E-state index in [1.165, 1.54) is 7.11 Å². The summed E-state index contributed by atoms with van der Waals surface area (Å²) in [6, 6.07) is 16.7. The van der Waals surface area contributed by atoms with Crippen LogP contribution in [0.5, 0.6) is 0 Å². The quantitative estimate of drug-likeness (QED) is 0.512. The summed E-state index contributed by atoms with van der Waals surface area (Å²) in [6.45, 7) is 0.787. The molecule has 6 heteroatoms. The van der Waals surface area contributed by atoms with Crippen molar-refractivity contribution in [3.05, 3.63) is 71.9 Å². The van der Waals surface area contributed by atoms with Crippen LogP contribution in [0.1, 0.15) is 22.3 Å². The predicted octanol–water partition coefficient (Wildman–Crippen LogP) is 3.57. The summed E-state index contributed by atoms with van der Waals surface area (Å²) in [5.41, 5.74) is 1.51. The largest absolute Gasteiger partial charge is 0.465 e. The van der Waals surface area contributed by atoms with E-state index in [1.807, 2.05) is 30.3 Å². The lowest BCUT2D eigenvalue weighted by Crippen LogP contribution is -2.15. The molecule has 0 aliphatic rings. The van der Waals surface area contributed by atoms with E-state index < -0.39 is 5.97 Å². The normalized spacial score (nSPS) is 10.6. The van der Waals surface area contributed by atoms with Crippen LogP contribution in [0.3, 0.4) is 0 Å². The van der Waals surface area contributed by atoms with Crippen molar-refractivity contribution < 1.29 is 19.1 Å². The van der Waals surface area contributed by atoms with Gasteiger partial charge in [-0.1, -0.05) is 30.3 Å². The van der Waals surface area contributed by atoms with Gasteiger partial charge in [-0.05, 0) is 35.2 Å². The zero-order valence-electron chi connectivity index (χ0n) is 15.0. The number of pyridine rings is 1. The second-order valence-corrected chi connectivity index (χ2v) is 5.92. The first-order valence-corrected chi connectivity index (χ1v) is 8.56. The number of fused-ring (bicyclic) bond motifs is 1. The summed E-state index contributed by atoms with van der Waals surface area (Å²) in [4.78, 5) is 28.1. The van der Waals surface area contributed by atoms with Crippen LogP contribution < -0.4 is 5.32 Å². The highest BCUT2D eigenvalue weighted by atomic mass is 16.5. The molecular formula is C21H20N2O4. The van der Waals surface area contributed by atoms with Crippen LogP contribution in [0.25, 0.3) is 10.8 Å². The van der Waals surface area contributed by atoms with Crippen LogP contribution in [0.15, 0.2) is 60.8 Å². The maximum Gasteiger partial charge on any atom is 0.337 e. The van der Waals surface area contributed by atoms with Gasteiger partial charge in [0.2, 0.25) is 5.91 Å². The van der Waals surface area contributed by atoms with Gasteiger partial charge in [-0.3, -0.25) is 4.79 Å². The number of aromatic nitrogens is 1. The zero-order valence-corrected chi connectivity index (χ0v) is 15.0. The molecule has 0 radical (unpaired) electrons. The number of carbonyl (C=O) groups excluding carboxylic acids is 2. The Kier molecular flexibility index (Phi) is 6.12. The van der Waals surface area contributed by atoms with Gasteiger partial charge in [-0.15, -0.1) is 0 Å². The Labute approximate surface area is 157 Å². The number of carbonyl (C=O) groups is 2. The van der Waals surface area contributed by atoms with Gasteiger partial charge in [0.05, 0.1) is 32.3 Å².